The number of hydrogen-bond acceptors (Lipinski definition) is 5. The Balaban J connectivity index is 2.79. The van der Waals surface area contributed by atoms with E-state index in [1.165, 1.54) is 27.4 Å². The van der Waals surface area contributed by atoms with Crippen LogP contribution in [0.25, 0.3) is 11.1 Å². The zero-order valence-electron chi connectivity index (χ0n) is 13.2. The summed E-state index contributed by atoms with van der Waals surface area (Å²) in [5.41, 5.74) is 1.90. The Morgan fingerprint density at radius 3 is 2.00 bits per heavy atom. The molecule has 2 rings (SSSR count). The molecule has 0 aliphatic carbocycles. The van der Waals surface area contributed by atoms with Gasteiger partial charge < -0.3 is 14.2 Å². The van der Waals surface area contributed by atoms with Crippen molar-refractivity contribution < 1.29 is 19.1 Å². The average molecular weight is 382 g/mol. The second-order valence-electron chi connectivity index (χ2n) is 4.79. The van der Waals surface area contributed by atoms with E-state index in [1.54, 1.807) is 12.1 Å². The van der Waals surface area contributed by atoms with Gasteiger partial charge in [0.05, 0.1) is 31.8 Å². The minimum atomic E-state index is -0.406. The lowest BCUT2D eigenvalue weighted by atomic mass is 9.98. The maximum absolute atomic E-state index is 11.4. The summed E-state index contributed by atoms with van der Waals surface area (Å²) in [5, 5.41) is 11.4. The van der Waals surface area contributed by atoms with Crippen molar-refractivity contribution >= 4 is 21.6 Å². The highest BCUT2D eigenvalue weighted by Crippen LogP contribution is 2.44. The molecule has 0 fully saturated rings. The highest BCUT2D eigenvalue weighted by molar-refractivity contribution is 9.10. The van der Waals surface area contributed by atoms with Crippen LogP contribution in [0.1, 0.15) is 5.56 Å². The molecule has 0 atom stereocenters. The summed E-state index contributed by atoms with van der Waals surface area (Å²) in [7, 11) is 4.52. The molecule has 0 spiro atoms. The fourth-order valence-corrected chi connectivity index (χ4v) is 3.03. The molecule has 7 heteroatoms. The van der Waals surface area contributed by atoms with Gasteiger partial charge in [-0.1, -0.05) is 15.9 Å². The SMILES string of the molecule is COc1cc(-c2c(C)cc(Br)cc2[N+](=O)[O-])cc(OC)c1OC. The number of aryl methyl sites for hydroxylation is 1. The van der Waals surface area contributed by atoms with E-state index in [4.69, 9.17) is 14.2 Å². The maximum atomic E-state index is 11.4. The highest BCUT2D eigenvalue weighted by Gasteiger charge is 2.22. The van der Waals surface area contributed by atoms with Crippen molar-refractivity contribution in [2.24, 2.45) is 0 Å². The molecule has 23 heavy (non-hydrogen) atoms. The van der Waals surface area contributed by atoms with E-state index in [1.807, 2.05) is 13.0 Å². The van der Waals surface area contributed by atoms with Crippen LogP contribution in [0.15, 0.2) is 28.7 Å². The van der Waals surface area contributed by atoms with Crippen molar-refractivity contribution in [1.82, 2.24) is 0 Å². The van der Waals surface area contributed by atoms with Gasteiger partial charge in [0.1, 0.15) is 0 Å². The summed E-state index contributed by atoms with van der Waals surface area (Å²) in [6.07, 6.45) is 0. The Bertz CT molecular complexity index is 735. The van der Waals surface area contributed by atoms with Crippen LogP contribution in [0.5, 0.6) is 17.2 Å². The number of nitro benzene ring substituents is 1. The molecule has 0 N–H and O–H groups in total. The summed E-state index contributed by atoms with van der Waals surface area (Å²) in [5.74, 6) is 1.33. The van der Waals surface area contributed by atoms with E-state index in [2.05, 4.69) is 15.9 Å². The number of nitro groups is 1. The molecule has 0 bridgehead atoms. The molecule has 6 nitrogen and oxygen atoms in total. The molecule has 0 unspecified atom stereocenters. The van der Waals surface area contributed by atoms with Crippen molar-refractivity contribution in [3.63, 3.8) is 0 Å². The molecular formula is C16H16BrNO5. The first-order valence-corrected chi connectivity index (χ1v) is 7.47. The van der Waals surface area contributed by atoms with E-state index in [9.17, 15) is 10.1 Å². The van der Waals surface area contributed by atoms with Crippen molar-refractivity contribution in [2.45, 2.75) is 6.92 Å². The van der Waals surface area contributed by atoms with Gasteiger partial charge in [-0.2, -0.15) is 0 Å². The van der Waals surface area contributed by atoms with Gasteiger partial charge in [0, 0.05) is 10.5 Å². The van der Waals surface area contributed by atoms with Gasteiger partial charge in [-0.25, -0.2) is 0 Å². The number of ether oxygens (including phenoxy) is 3. The van der Waals surface area contributed by atoms with E-state index < -0.39 is 4.92 Å². The van der Waals surface area contributed by atoms with Crippen molar-refractivity contribution in [3.8, 4) is 28.4 Å². The molecule has 2 aromatic carbocycles. The number of halogens is 1. The minimum Gasteiger partial charge on any atom is -0.493 e. The zero-order chi connectivity index (χ0) is 17.1. The maximum Gasteiger partial charge on any atom is 0.278 e. The third kappa shape index (κ3) is 3.24. The summed E-state index contributed by atoms with van der Waals surface area (Å²) >= 11 is 3.29. The van der Waals surface area contributed by atoms with E-state index in [-0.39, 0.29) is 5.69 Å². The fraction of sp³-hybridized carbons (Fsp3) is 0.250. The summed E-state index contributed by atoms with van der Waals surface area (Å²) < 4.78 is 16.6. The monoisotopic (exact) mass is 381 g/mol. The Morgan fingerprint density at radius 2 is 1.57 bits per heavy atom. The van der Waals surface area contributed by atoms with Crippen molar-refractivity contribution in [3.05, 3.63) is 44.4 Å². The van der Waals surface area contributed by atoms with Gasteiger partial charge in [0.15, 0.2) is 11.5 Å². The minimum absolute atomic E-state index is 0.00569. The number of benzene rings is 2. The van der Waals surface area contributed by atoms with Crippen LogP contribution in [0.3, 0.4) is 0 Å². The largest absolute Gasteiger partial charge is 0.493 e. The van der Waals surface area contributed by atoms with Gasteiger partial charge in [-0.05, 0) is 36.2 Å². The quantitative estimate of drug-likeness (QED) is 0.568. The lowest BCUT2D eigenvalue weighted by Crippen LogP contribution is -1.98. The lowest BCUT2D eigenvalue weighted by Gasteiger charge is -2.15. The van der Waals surface area contributed by atoms with Crippen LogP contribution < -0.4 is 14.2 Å². The molecule has 122 valence electrons. The van der Waals surface area contributed by atoms with Crippen molar-refractivity contribution in [2.75, 3.05) is 21.3 Å². The number of nitrogens with zero attached hydrogens (tertiary/aromatic N) is 1. The predicted molar refractivity (Wildman–Crippen MR) is 90.6 cm³/mol. The van der Waals surface area contributed by atoms with Crippen LogP contribution in [0.4, 0.5) is 5.69 Å². The van der Waals surface area contributed by atoms with Crippen LogP contribution in [0, 0.1) is 17.0 Å². The Hall–Kier alpha value is -2.28. The second-order valence-corrected chi connectivity index (χ2v) is 5.70. The fourth-order valence-electron chi connectivity index (χ4n) is 2.47. The first-order valence-electron chi connectivity index (χ1n) is 6.67. The predicted octanol–water partition coefficient (Wildman–Crippen LogP) is 4.36. The normalized spacial score (nSPS) is 10.3. The Labute approximate surface area is 142 Å². The van der Waals surface area contributed by atoms with Gasteiger partial charge in [0.25, 0.3) is 5.69 Å². The highest BCUT2D eigenvalue weighted by atomic mass is 79.9. The topological polar surface area (TPSA) is 70.8 Å². The number of hydrogen-bond donors (Lipinski definition) is 0. The summed E-state index contributed by atoms with van der Waals surface area (Å²) in [6.45, 7) is 1.82. The third-order valence-electron chi connectivity index (χ3n) is 3.43. The molecule has 0 aromatic heterocycles. The van der Waals surface area contributed by atoms with E-state index >= 15 is 0 Å². The average Bonchev–Trinajstić information content (AvgIpc) is 2.52. The Kier molecular flexibility index (Phi) is 5.10. The first-order chi connectivity index (χ1) is 10.9. The molecule has 2 aromatic rings. The van der Waals surface area contributed by atoms with E-state index in [0.29, 0.717) is 32.8 Å². The summed E-state index contributed by atoms with van der Waals surface area (Å²) in [6, 6.07) is 6.70. The lowest BCUT2D eigenvalue weighted by molar-refractivity contribution is -0.384. The third-order valence-corrected chi connectivity index (χ3v) is 3.89. The van der Waals surface area contributed by atoms with Gasteiger partial charge in [0.2, 0.25) is 5.75 Å². The van der Waals surface area contributed by atoms with Crippen LogP contribution >= 0.6 is 15.9 Å². The molecule has 0 radical (unpaired) electrons. The van der Waals surface area contributed by atoms with E-state index in [0.717, 1.165) is 5.56 Å². The Morgan fingerprint density at radius 1 is 1.00 bits per heavy atom. The molecule has 0 amide bonds. The van der Waals surface area contributed by atoms with Crippen LogP contribution in [-0.2, 0) is 0 Å². The molecule has 0 saturated carbocycles. The number of rotatable bonds is 5. The molecule has 0 saturated heterocycles. The molecule has 0 heterocycles. The first kappa shape index (κ1) is 17.1. The second kappa shape index (κ2) is 6.87. The standard InChI is InChI=1S/C16H16BrNO5/c1-9-5-11(17)8-12(18(19)20)15(9)10-6-13(21-2)16(23-4)14(7-10)22-3/h5-8H,1-4H3. The molecular weight excluding hydrogens is 366 g/mol. The smallest absolute Gasteiger partial charge is 0.278 e. The van der Waals surface area contributed by atoms with Gasteiger partial charge >= 0.3 is 0 Å². The zero-order valence-corrected chi connectivity index (χ0v) is 14.8. The van der Waals surface area contributed by atoms with Gasteiger partial charge in [-0.3, -0.25) is 10.1 Å². The van der Waals surface area contributed by atoms with Crippen LogP contribution in [0.2, 0.25) is 0 Å². The van der Waals surface area contributed by atoms with Gasteiger partial charge in [-0.15, -0.1) is 0 Å². The number of methoxy groups -OCH3 is 3. The molecule has 0 aliphatic heterocycles. The molecule has 0 aliphatic rings. The summed E-state index contributed by atoms with van der Waals surface area (Å²) in [4.78, 5) is 11.0. The van der Waals surface area contributed by atoms with Crippen LogP contribution in [-0.4, -0.2) is 26.3 Å². The van der Waals surface area contributed by atoms with Crippen molar-refractivity contribution in [1.29, 1.82) is 0 Å².